The average Bonchev–Trinajstić information content (AvgIpc) is 3.25. The van der Waals surface area contributed by atoms with E-state index in [1.807, 2.05) is 30.3 Å². The summed E-state index contributed by atoms with van der Waals surface area (Å²) in [6, 6.07) is 15.2. The molecular formula is C23H20FN5O3S. The molecule has 0 atom stereocenters. The van der Waals surface area contributed by atoms with Gasteiger partial charge in [-0.2, -0.15) is 0 Å². The predicted octanol–water partition coefficient (Wildman–Crippen LogP) is 2.64. The molecule has 2 aromatic carbocycles. The molecule has 0 radical (unpaired) electrons. The number of nitrogens with two attached hydrogens (primary N) is 1. The largest absolute Gasteiger partial charge is 0.383 e. The molecule has 0 spiro atoms. The van der Waals surface area contributed by atoms with E-state index in [9.17, 15) is 18.8 Å². The van der Waals surface area contributed by atoms with Crippen LogP contribution in [0.1, 0.15) is 11.3 Å². The molecule has 0 fully saturated rings. The minimum atomic E-state index is -0.753. The van der Waals surface area contributed by atoms with Gasteiger partial charge in [0.15, 0.2) is 5.69 Å². The van der Waals surface area contributed by atoms with Crippen molar-refractivity contribution in [2.75, 3.05) is 17.7 Å². The Hall–Kier alpha value is -4.05. The normalized spacial score (nSPS) is 10.8. The highest BCUT2D eigenvalue weighted by molar-refractivity contribution is 7.13. The smallest absolute Gasteiger partial charge is 0.330 e. The van der Waals surface area contributed by atoms with Crippen LogP contribution >= 0.6 is 11.3 Å². The number of thiazole rings is 1. The molecule has 2 heterocycles. The number of carbonyl (C=O) groups excluding carboxylic acids is 1. The minimum Gasteiger partial charge on any atom is -0.383 e. The standard InChI is InChI=1S/C23H20FN5O3S/c1-28(18(30)11-17-13-33-22(26-17)15-8-5-9-16(24)10-15)19-20(25)29(23(32)27-21(19)31)12-14-6-3-2-4-7-14/h2-10,13H,11-12,25H2,1H3,(H,27,31,32). The molecule has 10 heteroatoms. The molecule has 0 saturated carbocycles. The lowest BCUT2D eigenvalue weighted by Gasteiger charge is -2.20. The van der Waals surface area contributed by atoms with Gasteiger partial charge in [-0.05, 0) is 17.7 Å². The highest BCUT2D eigenvalue weighted by atomic mass is 32.1. The Morgan fingerprint density at radius 2 is 1.94 bits per heavy atom. The lowest BCUT2D eigenvalue weighted by molar-refractivity contribution is -0.117. The van der Waals surface area contributed by atoms with Crippen LogP contribution in [-0.4, -0.2) is 27.5 Å². The van der Waals surface area contributed by atoms with E-state index >= 15 is 0 Å². The highest BCUT2D eigenvalue weighted by Crippen LogP contribution is 2.25. The maximum Gasteiger partial charge on any atom is 0.330 e. The van der Waals surface area contributed by atoms with Gasteiger partial charge in [0.1, 0.15) is 16.6 Å². The van der Waals surface area contributed by atoms with Crippen LogP contribution in [0.25, 0.3) is 10.6 Å². The number of hydrogen-bond donors (Lipinski definition) is 2. The number of nitrogens with zero attached hydrogens (tertiary/aromatic N) is 3. The summed E-state index contributed by atoms with van der Waals surface area (Å²) < 4.78 is 14.7. The van der Waals surface area contributed by atoms with Gasteiger partial charge in [0.25, 0.3) is 5.56 Å². The number of aromatic amines is 1. The second kappa shape index (κ2) is 9.21. The molecule has 0 saturated heterocycles. The Labute approximate surface area is 191 Å². The van der Waals surface area contributed by atoms with E-state index in [4.69, 9.17) is 5.73 Å². The third-order valence-electron chi connectivity index (χ3n) is 5.06. The third-order valence-corrected chi connectivity index (χ3v) is 6.00. The first-order valence-corrected chi connectivity index (χ1v) is 10.8. The van der Waals surface area contributed by atoms with E-state index in [2.05, 4.69) is 9.97 Å². The molecular weight excluding hydrogens is 445 g/mol. The van der Waals surface area contributed by atoms with Crippen LogP contribution in [-0.2, 0) is 17.8 Å². The van der Waals surface area contributed by atoms with Gasteiger partial charge >= 0.3 is 5.69 Å². The number of H-pyrrole nitrogens is 1. The summed E-state index contributed by atoms with van der Waals surface area (Å²) in [7, 11) is 1.42. The van der Waals surface area contributed by atoms with Crippen molar-refractivity contribution >= 4 is 28.7 Å². The molecule has 3 N–H and O–H groups in total. The first kappa shape index (κ1) is 22.2. The van der Waals surface area contributed by atoms with Crippen molar-refractivity contribution < 1.29 is 9.18 Å². The molecule has 2 aromatic heterocycles. The Balaban J connectivity index is 1.58. The molecule has 0 aliphatic carbocycles. The number of hydrogen-bond acceptors (Lipinski definition) is 6. The van der Waals surface area contributed by atoms with E-state index in [0.29, 0.717) is 16.3 Å². The first-order valence-electron chi connectivity index (χ1n) is 9.97. The number of likely N-dealkylation sites (N-methyl/N-ethyl adjacent to an activating group) is 1. The average molecular weight is 466 g/mol. The fraction of sp³-hybridized carbons (Fsp3) is 0.130. The second-order valence-electron chi connectivity index (χ2n) is 7.35. The lowest BCUT2D eigenvalue weighted by Crippen LogP contribution is -2.40. The van der Waals surface area contributed by atoms with Crippen LogP contribution in [0.4, 0.5) is 15.9 Å². The predicted molar refractivity (Wildman–Crippen MR) is 126 cm³/mol. The zero-order valence-corrected chi connectivity index (χ0v) is 18.4. The van der Waals surface area contributed by atoms with Crippen molar-refractivity contribution in [3.05, 3.63) is 97.9 Å². The van der Waals surface area contributed by atoms with E-state index < -0.39 is 17.2 Å². The number of nitrogens with one attached hydrogen (secondary N) is 1. The zero-order valence-electron chi connectivity index (χ0n) is 17.6. The summed E-state index contributed by atoms with van der Waals surface area (Å²) in [6.07, 6.45) is -0.0982. The van der Waals surface area contributed by atoms with Gasteiger partial charge in [0.05, 0.1) is 18.7 Å². The van der Waals surface area contributed by atoms with Crippen LogP contribution in [0, 0.1) is 5.82 Å². The number of carbonyl (C=O) groups is 1. The summed E-state index contributed by atoms with van der Waals surface area (Å²) in [4.78, 5) is 45.5. The Bertz CT molecular complexity index is 1430. The van der Waals surface area contributed by atoms with Crippen molar-refractivity contribution in [3.8, 4) is 10.6 Å². The van der Waals surface area contributed by atoms with E-state index in [1.54, 1.807) is 17.5 Å². The van der Waals surface area contributed by atoms with E-state index in [-0.39, 0.29) is 30.3 Å². The Kier molecular flexibility index (Phi) is 6.18. The number of amides is 1. The van der Waals surface area contributed by atoms with Crippen molar-refractivity contribution in [2.45, 2.75) is 13.0 Å². The van der Waals surface area contributed by atoms with Crippen LogP contribution in [0.15, 0.2) is 69.6 Å². The molecule has 8 nitrogen and oxygen atoms in total. The van der Waals surface area contributed by atoms with Crippen molar-refractivity contribution in [2.24, 2.45) is 0 Å². The van der Waals surface area contributed by atoms with Gasteiger partial charge in [0.2, 0.25) is 5.91 Å². The summed E-state index contributed by atoms with van der Waals surface area (Å²) in [5, 5.41) is 2.28. The van der Waals surface area contributed by atoms with Crippen LogP contribution in [0.3, 0.4) is 0 Å². The monoisotopic (exact) mass is 465 g/mol. The van der Waals surface area contributed by atoms with Crippen LogP contribution < -0.4 is 21.9 Å². The molecule has 0 bridgehead atoms. The third kappa shape index (κ3) is 4.75. The maximum atomic E-state index is 13.5. The van der Waals surface area contributed by atoms with Crippen molar-refractivity contribution in [3.63, 3.8) is 0 Å². The van der Waals surface area contributed by atoms with Crippen LogP contribution in [0.2, 0.25) is 0 Å². The maximum absolute atomic E-state index is 13.5. The SMILES string of the molecule is CN(C(=O)Cc1csc(-c2cccc(F)c2)n1)c1c(N)n(Cc2ccccc2)c(=O)[nH]c1=O. The number of halogens is 1. The molecule has 33 heavy (non-hydrogen) atoms. The Morgan fingerprint density at radius 3 is 2.67 bits per heavy atom. The van der Waals surface area contributed by atoms with E-state index in [0.717, 1.165) is 10.5 Å². The number of nitrogen functional groups attached to an aromatic ring is 1. The fourth-order valence-corrected chi connectivity index (χ4v) is 4.18. The van der Waals surface area contributed by atoms with Gasteiger partial charge in [0, 0.05) is 18.0 Å². The minimum absolute atomic E-state index is 0.0982. The van der Waals surface area contributed by atoms with Gasteiger partial charge in [-0.1, -0.05) is 42.5 Å². The molecule has 0 aliphatic rings. The zero-order chi connectivity index (χ0) is 23.5. The lowest BCUT2D eigenvalue weighted by atomic mass is 10.2. The molecule has 4 rings (SSSR count). The number of rotatable bonds is 6. The number of anilines is 2. The quantitative estimate of drug-likeness (QED) is 0.454. The van der Waals surface area contributed by atoms with Crippen LogP contribution in [0.5, 0.6) is 0 Å². The molecule has 4 aromatic rings. The molecule has 168 valence electrons. The van der Waals surface area contributed by atoms with Gasteiger partial charge in [-0.25, -0.2) is 14.2 Å². The Morgan fingerprint density at radius 1 is 1.18 bits per heavy atom. The fourth-order valence-electron chi connectivity index (χ4n) is 3.36. The first-order chi connectivity index (χ1) is 15.8. The van der Waals surface area contributed by atoms with Gasteiger partial charge < -0.3 is 10.6 Å². The van der Waals surface area contributed by atoms with Gasteiger partial charge in [-0.3, -0.25) is 19.1 Å². The molecule has 1 amide bonds. The van der Waals surface area contributed by atoms with Crippen molar-refractivity contribution in [1.29, 1.82) is 0 Å². The summed E-state index contributed by atoms with van der Waals surface area (Å²) >= 11 is 1.29. The molecule has 0 unspecified atom stereocenters. The molecule has 0 aliphatic heterocycles. The second-order valence-corrected chi connectivity index (χ2v) is 8.21. The number of aromatic nitrogens is 3. The summed E-state index contributed by atoms with van der Waals surface area (Å²) in [6.45, 7) is 0.139. The van der Waals surface area contributed by atoms with E-state index in [1.165, 1.54) is 35.1 Å². The number of benzene rings is 2. The van der Waals surface area contributed by atoms with Gasteiger partial charge in [-0.15, -0.1) is 11.3 Å². The van der Waals surface area contributed by atoms with Crippen molar-refractivity contribution in [1.82, 2.24) is 14.5 Å². The topological polar surface area (TPSA) is 114 Å². The summed E-state index contributed by atoms with van der Waals surface area (Å²) in [5.41, 5.74) is 6.53. The summed E-state index contributed by atoms with van der Waals surface area (Å²) in [5.74, 6) is -0.921. The highest BCUT2D eigenvalue weighted by Gasteiger charge is 2.22.